The topological polar surface area (TPSA) is 58.4 Å². The zero-order valence-corrected chi connectivity index (χ0v) is 16.9. The molecule has 1 aromatic carbocycles. The van der Waals surface area contributed by atoms with Gasteiger partial charge in [0.15, 0.2) is 5.16 Å². The smallest absolute Gasteiger partial charge is 0.257 e. The SMILES string of the molecule is Cc1nc2n(c(=O)c1CCN1CCC([C@H](O)c3ccc(F)cc3)CC1)CCS2. The molecule has 1 N–H and O–H groups in total. The molecule has 1 aromatic heterocycles. The van der Waals surface area contributed by atoms with Gasteiger partial charge in [0, 0.05) is 30.1 Å². The summed E-state index contributed by atoms with van der Waals surface area (Å²) in [4.78, 5) is 19.7. The Kier molecular flexibility index (Phi) is 5.85. The van der Waals surface area contributed by atoms with Gasteiger partial charge in [-0.05, 0) is 62.9 Å². The van der Waals surface area contributed by atoms with E-state index in [9.17, 15) is 14.3 Å². The first-order valence-corrected chi connectivity index (χ1v) is 10.9. The largest absolute Gasteiger partial charge is 0.388 e. The number of aliphatic hydroxyl groups is 1. The molecule has 0 saturated carbocycles. The van der Waals surface area contributed by atoms with Crippen LogP contribution in [0, 0.1) is 18.7 Å². The predicted molar refractivity (Wildman–Crippen MR) is 108 cm³/mol. The first-order valence-electron chi connectivity index (χ1n) is 9.92. The number of halogens is 1. The summed E-state index contributed by atoms with van der Waals surface area (Å²) in [5.41, 5.74) is 2.59. The second kappa shape index (κ2) is 8.35. The standard InChI is InChI=1S/C21H26FN3O2S/c1-14-18(20(27)25-12-13-28-21(25)23-14)8-11-24-9-6-16(7-10-24)19(26)15-2-4-17(22)5-3-15/h2-5,16,19,26H,6-13H2,1H3/t19-/m1/s1. The van der Waals surface area contributed by atoms with E-state index in [0.29, 0.717) is 6.42 Å². The summed E-state index contributed by atoms with van der Waals surface area (Å²) in [6.45, 7) is 5.33. The molecule has 1 saturated heterocycles. The highest BCUT2D eigenvalue weighted by molar-refractivity contribution is 7.99. The Morgan fingerprint density at radius 2 is 1.96 bits per heavy atom. The van der Waals surface area contributed by atoms with Crippen molar-refractivity contribution in [1.82, 2.24) is 14.5 Å². The van der Waals surface area contributed by atoms with Crippen molar-refractivity contribution in [2.45, 2.75) is 44.0 Å². The van der Waals surface area contributed by atoms with Crippen molar-refractivity contribution in [3.63, 3.8) is 0 Å². The number of rotatable bonds is 5. The monoisotopic (exact) mass is 403 g/mol. The second-order valence-corrected chi connectivity index (χ2v) is 8.75. The van der Waals surface area contributed by atoms with Crippen LogP contribution in [0.1, 0.15) is 35.8 Å². The number of aryl methyl sites for hydroxylation is 1. The highest BCUT2D eigenvalue weighted by atomic mass is 32.2. The minimum Gasteiger partial charge on any atom is -0.388 e. The Bertz CT molecular complexity index is 892. The lowest BCUT2D eigenvalue weighted by Gasteiger charge is -2.34. The van der Waals surface area contributed by atoms with Crippen molar-refractivity contribution >= 4 is 11.8 Å². The number of hydrogen-bond donors (Lipinski definition) is 1. The molecule has 0 spiro atoms. The van der Waals surface area contributed by atoms with Crippen LogP contribution in [0.3, 0.4) is 0 Å². The van der Waals surface area contributed by atoms with Crippen molar-refractivity contribution in [2.24, 2.45) is 5.92 Å². The Morgan fingerprint density at radius 1 is 1.25 bits per heavy atom. The Balaban J connectivity index is 1.33. The van der Waals surface area contributed by atoms with Gasteiger partial charge in [0.2, 0.25) is 0 Å². The van der Waals surface area contributed by atoms with Crippen LogP contribution in [0.25, 0.3) is 0 Å². The molecule has 0 unspecified atom stereocenters. The van der Waals surface area contributed by atoms with Crippen molar-refractivity contribution < 1.29 is 9.50 Å². The first-order chi connectivity index (χ1) is 13.5. The molecule has 2 aliphatic heterocycles. The van der Waals surface area contributed by atoms with Crippen molar-refractivity contribution in [3.05, 3.63) is 57.3 Å². The average molecular weight is 404 g/mol. The van der Waals surface area contributed by atoms with Crippen molar-refractivity contribution in [2.75, 3.05) is 25.4 Å². The molecular formula is C21H26FN3O2S. The number of fused-ring (bicyclic) bond motifs is 1. The zero-order chi connectivity index (χ0) is 19.7. The molecule has 0 radical (unpaired) electrons. The number of piperidine rings is 1. The summed E-state index contributed by atoms with van der Waals surface area (Å²) in [5, 5.41) is 11.4. The van der Waals surface area contributed by atoms with Crippen LogP contribution in [0.5, 0.6) is 0 Å². The second-order valence-electron chi connectivity index (χ2n) is 7.69. The van der Waals surface area contributed by atoms with Crippen LogP contribution in [0.2, 0.25) is 0 Å². The Morgan fingerprint density at radius 3 is 2.68 bits per heavy atom. The number of likely N-dealkylation sites (tertiary alicyclic amines) is 1. The van der Waals surface area contributed by atoms with Crippen molar-refractivity contribution in [3.8, 4) is 0 Å². The van der Waals surface area contributed by atoms with Crippen LogP contribution in [-0.4, -0.2) is 44.9 Å². The lowest BCUT2D eigenvalue weighted by molar-refractivity contribution is 0.0591. The van der Waals surface area contributed by atoms with E-state index in [1.54, 1.807) is 28.5 Å². The fourth-order valence-electron chi connectivity index (χ4n) is 4.19. The number of hydrogen-bond acceptors (Lipinski definition) is 5. The number of benzene rings is 1. The van der Waals surface area contributed by atoms with E-state index in [4.69, 9.17) is 0 Å². The summed E-state index contributed by atoms with van der Waals surface area (Å²) in [6, 6.07) is 6.14. The molecule has 0 bridgehead atoms. The van der Waals surface area contributed by atoms with Gasteiger partial charge in [0.1, 0.15) is 5.82 Å². The molecule has 4 rings (SSSR count). The molecule has 1 atom stereocenters. The molecule has 5 nitrogen and oxygen atoms in total. The summed E-state index contributed by atoms with van der Waals surface area (Å²) in [6.07, 6.45) is 1.96. The maximum atomic E-state index is 13.1. The fraction of sp³-hybridized carbons (Fsp3) is 0.524. The van der Waals surface area contributed by atoms with Gasteiger partial charge in [-0.1, -0.05) is 23.9 Å². The maximum absolute atomic E-state index is 13.1. The van der Waals surface area contributed by atoms with Gasteiger partial charge in [-0.2, -0.15) is 0 Å². The van der Waals surface area contributed by atoms with Crippen LogP contribution in [0.4, 0.5) is 4.39 Å². The van der Waals surface area contributed by atoms with Gasteiger partial charge in [-0.3, -0.25) is 9.36 Å². The quantitative estimate of drug-likeness (QED) is 0.778. The third kappa shape index (κ3) is 4.02. The number of aromatic nitrogens is 2. The van der Waals surface area contributed by atoms with E-state index in [0.717, 1.165) is 66.8 Å². The number of thioether (sulfide) groups is 1. The Labute approximate surface area is 168 Å². The Hall–Kier alpha value is -1.70. The average Bonchev–Trinajstić information content (AvgIpc) is 3.17. The fourth-order valence-corrected chi connectivity index (χ4v) is 5.18. The number of nitrogens with zero attached hydrogens (tertiary/aromatic N) is 3. The van der Waals surface area contributed by atoms with Crippen molar-refractivity contribution in [1.29, 1.82) is 0 Å². The van der Waals surface area contributed by atoms with Crippen LogP contribution in [-0.2, 0) is 13.0 Å². The van der Waals surface area contributed by atoms with E-state index < -0.39 is 6.10 Å². The molecule has 0 aliphatic carbocycles. The lowest BCUT2D eigenvalue weighted by Crippen LogP contribution is -2.38. The maximum Gasteiger partial charge on any atom is 0.257 e. The van der Waals surface area contributed by atoms with Gasteiger partial charge in [0.05, 0.1) is 6.10 Å². The van der Waals surface area contributed by atoms with E-state index in [1.807, 2.05) is 6.92 Å². The van der Waals surface area contributed by atoms with E-state index >= 15 is 0 Å². The predicted octanol–water partition coefficient (Wildman–Crippen LogP) is 2.78. The molecule has 2 aromatic rings. The summed E-state index contributed by atoms with van der Waals surface area (Å²) in [5.74, 6) is 0.832. The van der Waals surface area contributed by atoms with Crippen LogP contribution in [0.15, 0.2) is 34.2 Å². The number of aliphatic hydroxyl groups excluding tert-OH is 1. The van der Waals surface area contributed by atoms with E-state index in [-0.39, 0.29) is 17.3 Å². The first kappa shape index (κ1) is 19.6. The van der Waals surface area contributed by atoms with Gasteiger partial charge in [0.25, 0.3) is 5.56 Å². The third-order valence-electron chi connectivity index (χ3n) is 5.95. The summed E-state index contributed by atoms with van der Waals surface area (Å²) in [7, 11) is 0. The summed E-state index contributed by atoms with van der Waals surface area (Å²) < 4.78 is 14.9. The van der Waals surface area contributed by atoms with Gasteiger partial charge < -0.3 is 10.0 Å². The molecule has 150 valence electrons. The van der Waals surface area contributed by atoms with Crippen LogP contribution >= 0.6 is 11.8 Å². The zero-order valence-electron chi connectivity index (χ0n) is 16.1. The summed E-state index contributed by atoms with van der Waals surface area (Å²) >= 11 is 1.65. The minimum absolute atomic E-state index is 0.120. The highest BCUT2D eigenvalue weighted by Gasteiger charge is 2.27. The molecule has 0 amide bonds. The van der Waals surface area contributed by atoms with Gasteiger partial charge in [-0.25, -0.2) is 9.37 Å². The molecule has 3 heterocycles. The van der Waals surface area contributed by atoms with E-state index in [1.165, 1.54) is 12.1 Å². The third-order valence-corrected chi connectivity index (χ3v) is 6.91. The normalized spacial score (nSPS) is 19.0. The molecular weight excluding hydrogens is 377 g/mol. The van der Waals surface area contributed by atoms with Crippen LogP contribution < -0.4 is 5.56 Å². The van der Waals surface area contributed by atoms with Gasteiger partial charge >= 0.3 is 0 Å². The molecule has 7 heteroatoms. The van der Waals surface area contributed by atoms with E-state index in [2.05, 4.69) is 9.88 Å². The van der Waals surface area contributed by atoms with Gasteiger partial charge in [-0.15, -0.1) is 0 Å². The molecule has 1 fully saturated rings. The lowest BCUT2D eigenvalue weighted by atomic mass is 9.87. The highest BCUT2D eigenvalue weighted by Crippen LogP contribution is 2.31. The molecule has 28 heavy (non-hydrogen) atoms. The molecule has 2 aliphatic rings. The minimum atomic E-state index is -0.548.